The van der Waals surface area contributed by atoms with Crippen molar-refractivity contribution in [1.82, 2.24) is 5.32 Å². The molecule has 1 N–H and O–H groups in total. The normalized spacial score (nSPS) is 25.3. The Morgan fingerprint density at radius 2 is 2.00 bits per heavy atom. The number of alkyl halides is 3. The Bertz CT molecular complexity index is 712. The van der Waals surface area contributed by atoms with Crippen LogP contribution in [-0.4, -0.2) is 43.3 Å². The van der Waals surface area contributed by atoms with Crippen molar-refractivity contribution in [3.05, 3.63) is 29.3 Å². The number of fused-ring (bicyclic) bond motifs is 1. The molecule has 0 spiro atoms. The molecule has 0 radical (unpaired) electrons. The minimum absolute atomic E-state index is 0.0616. The van der Waals surface area contributed by atoms with Crippen molar-refractivity contribution in [1.29, 1.82) is 0 Å². The van der Waals surface area contributed by atoms with E-state index in [1.807, 2.05) is 0 Å². The summed E-state index contributed by atoms with van der Waals surface area (Å²) in [4.78, 5) is 25.5. The van der Waals surface area contributed by atoms with Gasteiger partial charge in [-0.2, -0.15) is 13.2 Å². The number of anilines is 1. The van der Waals surface area contributed by atoms with Crippen molar-refractivity contribution >= 4 is 17.5 Å². The number of amides is 2. The molecule has 3 rings (SSSR count). The van der Waals surface area contributed by atoms with E-state index in [-0.39, 0.29) is 18.7 Å². The standard InChI is InChI=1S/C17H19F3N2O3/c1-10(23)22-6-5-11-7-12(3-4-14(11)22)15(24)21-13-8-16(9-13,25-2)17(18,19)20/h3-4,7,13H,5-6,8-9H2,1-2H3,(H,21,24). The van der Waals surface area contributed by atoms with E-state index in [2.05, 4.69) is 10.1 Å². The molecule has 136 valence electrons. The molecule has 2 amide bonds. The van der Waals surface area contributed by atoms with E-state index >= 15 is 0 Å². The Kier molecular flexibility index (Phi) is 4.26. The first-order valence-corrected chi connectivity index (χ1v) is 8.00. The van der Waals surface area contributed by atoms with Gasteiger partial charge in [0.25, 0.3) is 5.91 Å². The van der Waals surface area contributed by atoms with E-state index in [1.165, 1.54) is 6.92 Å². The summed E-state index contributed by atoms with van der Waals surface area (Å²) in [5.41, 5.74) is -0.113. The van der Waals surface area contributed by atoms with Crippen LogP contribution in [0, 0.1) is 0 Å². The van der Waals surface area contributed by atoms with Crippen LogP contribution in [-0.2, 0) is 16.0 Å². The fraction of sp³-hybridized carbons (Fsp3) is 0.529. The van der Waals surface area contributed by atoms with Crippen molar-refractivity contribution in [2.75, 3.05) is 18.6 Å². The quantitative estimate of drug-likeness (QED) is 0.905. The van der Waals surface area contributed by atoms with Crippen LogP contribution in [0.5, 0.6) is 0 Å². The van der Waals surface area contributed by atoms with Gasteiger partial charge in [-0.3, -0.25) is 9.59 Å². The highest BCUT2D eigenvalue weighted by Crippen LogP contribution is 2.47. The summed E-state index contributed by atoms with van der Waals surface area (Å²) in [6.45, 7) is 2.05. The van der Waals surface area contributed by atoms with Gasteiger partial charge in [0, 0.05) is 50.7 Å². The third-order valence-electron chi connectivity index (χ3n) is 5.01. The average molecular weight is 356 g/mol. The first-order chi connectivity index (χ1) is 11.7. The van der Waals surface area contributed by atoms with Crippen molar-refractivity contribution in [2.24, 2.45) is 0 Å². The first kappa shape index (κ1) is 17.7. The van der Waals surface area contributed by atoms with Crippen molar-refractivity contribution in [2.45, 2.75) is 44.0 Å². The lowest BCUT2D eigenvalue weighted by Crippen LogP contribution is -2.63. The predicted octanol–water partition coefficient (Wildman–Crippen LogP) is 2.44. The van der Waals surface area contributed by atoms with E-state index in [4.69, 9.17) is 0 Å². The number of carbonyl (C=O) groups is 2. The monoisotopic (exact) mass is 356 g/mol. The lowest BCUT2D eigenvalue weighted by Gasteiger charge is -2.47. The highest BCUT2D eigenvalue weighted by Gasteiger charge is 2.63. The largest absolute Gasteiger partial charge is 0.417 e. The molecule has 1 fully saturated rings. The highest BCUT2D eigenvalue weighted by molar-refractivity contribution is 5.98. The Hall–Kier alpha value is -2.09. The molecule has 0 saturated heterocycles. The van der Waals surface area contributed by atoms with Crippen LogP contribution >= 0.6 is 0 Å². The summed E-state index contributed by atoms with van der Waals surface area (Å²) in [5.74, 6) is -0.477. The third kappa shape index (κ3) is 2.99. The fourth-order valence-corrected chi connectivity index (χ4v) is 3.49. The number of nitrogens with zero attached hydrogens (tertiary/aromatic N) is 1. The molecule has 0 bridgehead atoms. The predicted molar refractivity (Wildman–Crippen MR) is 84.5 cm³/mol. The minimum Gasteiger partial charge on any atom is -0.369 e. The van der Waals surface area contributed by atoms with E-state index < -0.39 is 23.7 Å². The van der Waals surface area contributed by atoms with Gasteiger partial charge in [0.15, 0.2) is 5.60 Å². The second-order valence-electron chi connectivity index (χ2n) is 6.54. The molecule has 0 aromatic heterocycles. The van der Waals surface area contributed by atoms with Gasteiger partial charge in [-0.05, 0) is 30.2 Å². The second-order valence-corrected chi connectivity index (χ2v) is 6.54. The summed E-state index contributed by atoms with van der Waals surface area (Å²) >= 11 is 0. The van der Waals surface area contributed by atoms with Crippen molar-refractivity contribution in [3.8, 4) is 0 Å². The zero-order chi connectivity index (χ0) is 18.4. The summed E-state index contributed by atoms with van der Waals surface area (Å²) in [6.07, 6.45) is -4.38. The lowest BCUT2D eigenvalue weighted by atomic mass is 9.74. The molecule has 1 aromatic rings. The van der Waals surface area contributed by atoms with Crippen LogP contribution in [0.4, 0.5) is 18.9 Å². The SMILES string of the molecule is COC1(C(F)(F)F)CC(NC(=O)c2ccc3c(c2)CCN3C(C)=O)C1. The van der Waals surface area contributed by atoms with Crippen LogP contribution < -0.4 is 10.2 Å². The minimum atomic E-state index is -4.45. The molecule has 0 unspecified atom stereocenters. The lowest BCUT2D eigenvalue weighted by molar-refractivity contribution is -0.301. The van der Waals surface area contributed by atoms with E-state index in [0.29, 0.717) is 18.5 Å². The Morgan fingerprint density at radius 1 is 1.32 bits per heavy atom. The van der Waals surface area contributed by atoms with Crippen molar-refractivity contribution in [3.63, 3.8) is 0 Å². The summed E-state index contributed by atoms with van der Waals surface area (Å²) in [7, 11) is 1.03. The van der Waals surface area contributed by atoms with E-state index in [9.17, 15) is 22.8 Å². The van der Waals surface area contributed by atoms with Gasteiger partial charge in [0.2, 0.25) is 5.91 Å². The molecule has 5 nitrogen and oxygen atoms in total. The smallest absolute Gasteiger partial charge is 0.369 e. The molecule has 0 atom stereocenters. The number of hydrogen-bond acceptors (Lipinski definition) is 3. The maximum Gasteiger partial charge on any atom is 0.417 e. The molecule has 1 saturated carbocycles. The van der Waals surface area contributed by atoms with Crippen LogP contribution in [0.3, 0.4) is 0 Å². The third-order valence-corrected chi connectivity index (χ3v) is 5.01. The van der Waals surface area contributed by atoms with Gasteiger partial charge in [-0.1, -0.05) is 0 Å². The summed E-state index contributed by atoms with van der Waals surface area (Å²) < 4.78 is 43.6. The second kappa shape index (κ2) is 6.01. The number of halogens is 3. The van der Waals surface area contributed by atoms with Crippen LogP contribution in [0.2, 0.25) is 0 Å². The topological polar surface area (TPSA) is 58.6 Å². The fourth-order valence-electron chi connectivity index (χ4n) is 3.49. The van der Waals surface area contributed by atoms with Crippen molar-refractivity contribution < 1.29 is 27.5 Å². The molecule has 1 aliphatic carbocycles. The highest BCUT2D eigenvalue weighted by atomic mass is 19.4. The molecule has 8 heteroatoms. The van der Waals surface area contributed by atoms with Crippen LogP contribution in [0.25, 0.3) is 0 Å². The molecule has 2 aliphatic rings. The van der Waals surface area contributed by atoms with Gasteiger partial charge in [-0.15, -0.1) is 0 Å². The summed E-state index contributed by atoms with van der Waals surface area (Å²) in [5, 5.41) is 2.62. The molecular formula is C17H19F3N2O3. The maximum atomic E-state index is 13.0. The maximum absolute atomic E-state index is 13.0. The Labute approximate surface area is 143 Å². The number of hydrogen-bond donors (Lipinski definition) is 1. The summed E-state index contributed by atoms with van der Waals surface area (Å²) in [6, 6.07) is 4.41. The number of benzene rings is 1. The van der Waals surface area contributed by atoms with Gasteiger partial charge in [-0.25, -0.2) is 0 Å². The average Bonchev–Trinajstić information content (AvgIpc) is 2.92. The van der Waals surface area contributed by atoms with E-state index in [0.717, 1.165) is 18.4 Å². The number of nitrogens with one attached hydrogen (secondary N) is 1. The Balaban J connectivity index is 1.65. The molecule has 1 heterocycles. The van der Waals surface area contributed by atoms with Crippen LogP contribution in [0.1, 0.15) is 35.7 Å². The zero-order valence-electron chi connectivity index (χ0n) is 13.9. The number of carbonyl (C=O) groups excluding carboxylic acids is 2. The van der Waals surface area contributed by atoms with Gasteiger partial charge < -0.3 is 15.0 Å². The number of ether oxygens (including phenoxy) is 1. The molecular weight excluding hydrogens is 337 g/mol. The molecule has 1 aromatic carbocycles. The number of methoxy groups -OCH3 is 1. The van der Waals surface area contributed by atoms with Gasteiger partial charge in [0.1, 0.15) is 0 Å². The number of rotatable bonds is 3. The molecule has 25 heavy (non-hydrogen) atoms. The van der Waals surface area contributed by atoms with Crippen LogP contribution in [0.15, 0.2) is 18.2 Å². The first-order valence-electron chi connectivity index (χ1n) is 8.00. The zero-order valence-corrected chi connectivity index (χ0v) is 13.9. The molecule has 1 aliphatic heterocycles. The van der Waals surface area contributed by atoms with E-state index in [1.54, 1.807) is 23.1 Å². The Morgan fingerprint density at radius 3 is 2.56 bits per heavy atom. The van der Waals surface area contributed by atoms with Gasteiger partial charge in [0.05, 0.1) is 0 Å². The van der Waals surface area contributed by atoms with Gasteiger partial charge >= 0.3 is 6.18 Å².